The quantitative estimate of drug-likeness (QED) is 0.407. The van der Waals surface area contributed by atoms with E-state index in [-0.39, 0.29) is 5.00 Å². The van der Waals surface area contributed by atoms with Crippen LogP contribution in [-0.2, 0) is 11.8 Å². The van der Waals surface area contributed by atoms with Crippen molar-refractivity contribution in [2.45, 2.75) is 6.92 Å². The molecule has 2 aromatic heterocycles. The predicted octanol–water partition coefficient (Wildman–Crippen LogP) is 3.66. The minimum Gasteiger partial charge on any atom is -0.319 e. The fraction of sp³-hybridized carbons (Fsp3) is 0.125. The predicted molar refractivity (Wildman–Crippen MR) is 96.1 cm³/mol. The average molecular weight is 359 g/mol. The van der Waals surface area contributed by atoms with E-state index in [0.29, 0.717) is 9.68 Å². The second-order valence-electron chi connectivity index (χ2n) is 5.13. The number of carbonyl (C=O) groups is 1. The van der Waals surface area contributed by atoms with Crippen LogP contribution in [0.3, 0.4) is 0 Å². The number of thiophene rings is 1. The molecule has 0 saturated carbocycles. The second kappa shape index (κ2) is 6.50. The number of hydrogen-bond donors (Lipinski definition) is 0. The largest absolute Gasteiger partial charge is 0.324 e. The van der Waals surface area contributed by atoms with E-state index in [4.69, 9.17) is 0 Å². The number of hydrogen-bond acceptors (Lipinski definition) is 5. The van der Waals surface area contributed by atoms with E-state index in [2.05, 4.69) is 11.1 Å². The molecule has 0 fully saturated rings. The van der Waals surface area contributed by atoms with Gasteiger partial charge in [0.1, 0.15) is 0 Å². The van der Waals surface area contributed by atoms with Gasteiger partial charge in [-0.25, -0.2) is 0 Å². The van der Waals surface area contributed by atoms with Crippen molar-refractivity contribution in [3.05, 3.63) is 61.8 Å². The monoisotopic (exact) mass is 359 g/mol. The van der Waals surface area contributed by atoms with Crippen molar-refractivity contribution < 1.29 is 9.72 Å². The maximum Gasteiger partial charge on any atom is 0.324 e. The van der Waals surface area contributed by atoms with Gasteiger partial charge in [-0.3, -0.25) is 14.9 Å². The van der Waals surface area contributed by atoms with E-state index in [1.165, 1.54) is 23.5 Å². The Morgan fingerprint density at radius 3 is 2.79 bits per heavy atom. The Morgan fingerprint density at radius 1 is 1.29 bits per heavy atom. The minimum absolute atomic E-state index is 0.0466. The Labute approximate surface area is 145 Å². The van der Waals surface area contributed by atoms with Crippen molar-refractivity contribution in [1.82, 2.24) is 4.57 Å². The summed E-state index contributed by atoms with van der Waals surface area (Å²) >= 11 is 2.47. The number of nitro groups is 1. The summed E-state index contributed by atoms with van der Waals surface area (Å²) in [6, 6.07) is 9.11. The standard InChI is InChI=1S/C16H13N3O3S2/c1-10-3-6-12-13(9-10)24-16(18(12)2)17-14(20)7-4-11-5-8-15(23-11)19(21)22/h3-9H,1-2H3/b7-4+,17-16?. The normalized spacial score (nSPS) is 12.3. The highest BCUT2D eigenvalue weighted by atomic mass is 32.1. The van der Waals surface area contributed by atoms with Crippen LogP contribution >= 0.6 is 22.7 Å². The van der Waals surface area contributed by atoms with Gasteiger partial charge in [-0.1, -0.05) is 28.7 Å². The SMILES string of the molecule is Cc1ccc2c(c1)sc(=NC(=O)/C=C/c1ccc([N+](=O)[O-])s1)n2C. The average Bonchev–Trinajstić information content (AvgIpc) is 3.11. The highest BCUT2D eigenvalue weighted by Gasteiger charge is 2.08. The van der Waals surface area contributed by atoms with Gasteiger partial charge in [0.05, 0.1) is 15.1 Å². The molecule has 0 N–H and O–H groups in total. The lowest BCUT2D eigenvalue weighted by atomic mass is 10.2. The Bertz CT molecular complexity index is 1040. The van der Waals surface area contributed by atoms with Crippen LogP contribution in [0.4, 0.5) is 5.00 Å². The molecule has 8 heteroatoms. The molecule has 0 atom stereocenters. The number of thiazole rings is 1. The molecule has 6 nitrogen and oxygen atoms in total. The zero-order valence-corrected chi connectivity index (χ0v) is 14.6. The molecule has 0 spiro atoms. The summed E-state index contributed by atoms with van der Waals surface area (Å²) in [5, 5.41) is 10.7. The Kier molecular flexibility index (Phi) is 4.41. The molecule has 0 bridgehead atoms. The number of nitrogens with zero attached hydrogens (tertiary/aromatic N) is 3. The first-order valence-electron chi connectivity index (χ1n) is 7.01. The van der Waals surface area contributed by atoms with Crippen molar-refractivity contribution in [3.63, 3.8) is 0 Å². The van der Waals surface area contributed by atoms with Crippen LogP contribution in [-0.4, -0.2) is 15.4 Å². The second-order valence-corrected chi connectivity index (χ2v) is 7.23. The van der Waals surface area contributed by atoms with Gasteiger partial charge in [0.2, 0.25) is 0 Å². The molecule has 0 aliphatic heterocycles. The van der Waals surface area contributed by atoms with Crippen LogP contribution in [0.25, 0.3) is 16.3 Å². The molecule has 0 aliphatic carbocycles. The van der Waals surface area contributed by atoms with Crippen LogP contribution in [0.5, 0.6) is 0 Å². The third kappa shape index (κ3) is 3.34. The molecule has 0 radical (unpaired) electrons. The summed E-state index contributed by atoms with van der Waals surface area (Å²) in [6.07, 6.45) is 2.87. The van der Waals surface area contributed by atoms with E-state index in [0.717, 1.165) is 27.1 Å². The molecule has 1 aromatic carbocycles. The molecule has 3 aromatic rings. The van der Waals surface area contributed by atoms with Crippen molar-refractivity contribution in [3.8, 4) is 0 Å². The number of amides is 1. The van der Waals surface area contributed by atoms with Crippen molar-refractivity contribution in [2.24, 2.45) is 12.0 Å². The zero-order chi connectivity index (χ0) is 17.3. The molecule has 24 heavy (non-hydrogen) atoms. The summed E-state index contributed by atoms with van der Waals surface area (Å²) in [5.41, 5.74) is 2.18. The molecule has 122 valence electrons. The first-order chi connectivity index (χ1) is 11.4. The smallest absolute Gasteiger partial charge is 0.319 e. The Balaban J connectivity index is 1.87. The van der Waals surface area contributed by atoms with Gasteiger partial charge in [0, 0.05) is 24.1 Å². The molecular weight excluding hydrogens is 346 g/mol. The number of carbonyl (C=O) groups excluding carboxylic acids is 1. The zero-order valence-electron chi connectivity index (χ0n) is 12.9. The van der Waals surface area contributed by atoms with E-state index in [9.17, 15) is 14.9 Å². The molecule has 0 saturated heterocycles. The van der Waals surface area contributed by atoms with E-state index >= 15 is 0 Å². The first kappa shape index (κ1) is 16.3. The Morgan fingerprint density at radius 2 is 2.08 bits per heavy atom. The van der Waals surface area contributed by atoms with Crippen LogP contribution in [0.1, 0.15) is 10.4 Å². The van der Waals surface area contributed by atoms with Gasteiger partial charge in [0.25, 0.3) is 5.91 Å². The molecule has 0 unspecified atom stereocenters. The molecular formula is C16H13N3O3S2. The lowest BCUT2D eigenvalue weighted by Crippen LogP contribution is -2.12. The van der Waals surface area contributed by atoms with Gasteiger partial charge >= 0.3 is 5.00 Å². The van der Waals surface area contributed by atoms with E-state index in [1.807, 2.05) is 30.7 Å². The van der Waals surface area contributed by atoms with Crippen LogP contribution < -0.4 is 4.80 Å². The number of aromatic nitrogens is 1. The summed E-state index contributed by atoms with van der Waals surface area (Å²) < 4.78 is 2.95. The van der Waals surface area contributed by atoms with Crippen LogP contribution in [0.15, 0.2) is 41.4 Å². The summed E-state index contributed by atoms with van der Waals surface area (Å²) in [5.74, 6) is -0.398. The maximum absolute atomic E-state index is 12.0. The molecule has 0 aliphatic rings. The Hall–Kier alpha value is -2.58. The molecule has 1 amide bonds. The number of aryl methyl sites for hydroxylation is 2. The van der Waals surface area contributed by atoms with E-state index in [1.54, 1.807) is 12.1 Å². The van der Waals surface area contributed by atoms with Gasteiger partial charge in [-0.2, -0.15) is 4.99 Å². The van der Waals surface area contributed by atoms with Crippen molar-refractivity contribution in [2.75, 3.05) is 0 Å². The highest BCUT2D eigenvalue weighted by Crippen LogP contribution is 2.24. The lowest BCUT2D eigenvalue weighted by Gasteiger charge is -1.95. The highest BCUT2D eigenvalue weighted by molar-refractivity contribution is 7.16. The summed E-state index contributed by atoms with van der Waals surface area (Å²) in [6.45, 7) is 2.02. The van der Waals surface area contributed by atoms with Crippen molar-refractivity contribution >= 4 is 49.9 Å². The van der Waals surface area contributed by atoms with Crippen LogP contribution in [0.2, 0.25) is 0 Å². The van der Waals surface area contributed by atoms with Crippen LogP contribution in [0, 0.1) is 17.0 Å². The molecule has 2 heterocycles. The van der Waals surface area contributed by atoms with E-state index < -0.39 is 10.8 Å². The fourth-order valence-electron chi connectivity index (χ4n) is 2.16. The lowest BCUT2D eigenvalue weighted by molar-refractivity contribution is -0.380. The number of fused-ring (bicyclic) bond motifs is 1. The van der Waals surface area contributed by atoms with Crippen molar-refractivity contribution in [1.29, 1.82) is 0 Å². The summed E-state index contributed by atoms with van der Waals surface area (Å²) in [4.78, 5) is 27.6. The topological polar surface area (TPSA) is 77.5 Å². The first-order valence-corrected chi connectivity index (χ1v) is 8.64. The van der Waals surface area contributed by atoms with Gasteiger partial charge in [0.15, 0.2) is 4.80 Å². The minimum atomic E-state index is -0.451. The number of rotatable bonds is 3. The third-order valence-electron chi connectivity index (χ3n) is 3.35. The third-order valence-corrected chi connectivity index (χ3v) is 5.45. The molecule has 3 rings (SSSR count). The van der Waals surface area contributed by atoms with Gasteiger partial charge in [-0.15, -0.1) is 0 Å². The van der Waals surface area contributed by atoms with Gasteiger partial charge in [-0.05, 0) is 36.8 Å². The summed E-state index contributed by atoms with van der Waals surface area (Å²) in [7, 11) is 1.87. The fourth-order valence-corrected chi connectivity index (χ4v) is 4.01. The maximum atomic E-state index is 12.0. The van der Waals surface area contributed by atoms with Gasteiger partial charge < -0.3 is 4.57 Å². The number of benzene rings is 1.